The highest BCUT2D eigenvalue weighted by Gasteiger charge is 2.16. The molecule has 0 saturated heterocycles. The van der Waals surface area contributed by atoms with Crippen molar-refractivity contribution in [3.63, 3.8) is 0 Å². The topological polar surface area (TPSA) is 59.8 Å². The van der Waals surface area contributed by atoms with E-state index in [9.17, 15) is 4.79 Å². The number of hydrogen-bond donors (Lipinski definition) is 1. The lowest BCUT2D eigenvalue weighted by molar-refractivity contribution is -0.122. The average molecular weight is 296 g/mol. The molecule has 0 bridgehead atoms. The first-order valence-corrected chi connectivity index (χ1v) is 7.63. The molecule has 0 saturated carbocycles. The maximum absolute atomic E-state index is 12.1. The SMILES string of the molecule is C[C@@H](NC(=O)C[C@H]1C=CCC1)c1ccc(-n2cncn2)cc1. The van der Waals surface area contributed by atoms with Crippen LogP contribution in [0.2, 0.25) is 0 Å². The molecule has 22 heavy (non-hydrogen) atoms. The number of allylic oxidation sites excluding steroid dienone is 2. The molecular formula is C17H20N4O. The van der Waals surface area contributed by atoms with Crippen molar-refractivity contribution < 1.29 is 4.79 Å². The number of nitrogens with zero attached hydrogens (tertiary/aromatic N) is 3. The molecule has 1 aliphatic carbocycles. The van der Waals surface area contributed by atoms with E-state index in [2.05, 4.69) is 27.6 Å². The number of rotatable bonds is 5. The summed E-state index contributed by atoms with van der Waals surface area (Å²) in [5.74, 6) is 0.520. The maximum Gasteiger partial charge on any atom is 0.221 e. The van der Waals surface area contributed by atoms with Crippen molar-refractivity contribution in [2.24, 2.45) is 5.92 Å². The maximum atomic E-state index is 12.1. The van der Waals surface area contributed by atoms with Gasteiger partial charge in [-0.15, -0.1) is 0 Å². The summed E-state index contributed by atoms with van der Waals surface area (Å²) in [4.78, 5) is 16.0. The molecule has 3 rings (SSSR count). The van der Waals surface area contributed by atoms with Gasteiger partial charge in [0.15, 0.2) is 0 Å². The summed E-state index contributed by atoms with van der Waals surface area (Å²) < 4.78 is 1.71. The largest absolute Gasteiger partial charge is 0.350 e. The lowest BCUT2D eigenvalue weighted by Gasteiger charge is -2.16. The third-order valence-corrected chi connectivity index (χ3v) is 4.01. The van der Waals surface area contributed by atoms with E-state index in [0.717, 1.165) is 24.1 Å². The summed E-state index contributed by atoms with van der Waals surface area (Å²) >= 11 is 0. The smallest absolute Gasteiger partial charge is 0.221 e. The minimum atomic E-state index is 0.00248. The summed E-state index contributed by atoms with van der Waals surface area (Å²) in [6.45, 7) is 2.01. The lowest BCUT2D eigenvalue weighted by Crippen LogP contribution is -2.27. The minimum absolute atomic E-state index is 0.00248. The van der Waals surface area contributed by atoms with E-state index in [1.807, 2.05) is 31.2 Å². The Bertz CT molecular complexity index is 646. The number of hydrogen-bond acceptors (Lipinski definition) is 3. The highest BCUT2D eigenvalue weighted by molar-refractivity contribution is 5.77. The molecule has 1 amide bonds. The molecule has 1 heterocycles. The van der Waals surface area contributed by atoms with Crippen molar-refractivity contribution in [2.45, 2.75) is 32.2 Å². The molecule has 114 valence electrons. The number of nitrogens with one attached hydrogen (secondary N) is 1. The van der Waals surface area contributed by atoms with Crippen molar-refractivity contribution in [1.82, 2.24) is 20.1 Å². The van der Waals surface area contributed by atoms with Crippen LogP contribution in [0.5, 0.6) is 0 Å². The summed E-state index contributed by atoms with van der Waals surface area (Å²) in [5, 5.41) is 7.17. The Morgan fingerprint density at radius 1 is 1.41 bits per heavy atom. The Kier molecular flexibility index (Phi) is 4.32. The zero-order valence-corrected chi connectivity index (χ0v) is 12.6. The third kappa shape index (κ3) is 3.42. The van der Waals surface area contributed by atoms with E-state index in [0.29, 0.717) is 12.3 Å². The van der Waals surface area contributed by atoms with Gasteiger partial charge < -0.3 is 5.32 Å². The Balaban J connectivity index is 1.58. The van der Waals surface area contributed by atoms with Gasteiger partial charge in [0.05, 0.1) is 11.7 Å². The van der Waals surface area contributed by atoms with Gasteiger partial charge in [-0.2, -0.15) is 5.10 Å². The predicted octanol–water partition coefficient (Wildman–Crippen LogP) is 2.80. The van der Waals surface area contributed by atoms with Crippen molar-refractivity contribution in [1.29, 1.82) is 0 Å². The number of benzene rings is 1. The van der Waals surface area contributed by atoms with Crippen molar-refractivity contribution in [3.05, 3.63) is 54.6 Å². The second-order valence-corrected chi connectivity index (χ2v) is 5.69. The first-order chi connectivity index (χ1) is 10.7. The van der Waals surface area contributed by atoms with E-state index in [-0.39, 0.29) is 11.9 Å². The number of aromatic nitrogens is 3. The first kappa shape index (κ1) is 14.5. The predicted molar refractivity (Wildman–Crippen MR) is 84.4 cm³/mol. The first-order valence-electron chi connectivity index (χ1n) is 7.63. The standard InChI is InChI=1S/C17H20N4O/c1-13(20-17(22)10-14-4-2-3-5-14)15-6-8-16(9-7-15)21-12-18-11-19-21/h2,4,6-9,11-14H,3,5,10H2,1H3,(H,20,22)/t13-,14+/m1/s1. The fourth-order valence-electron chi connectivity index (χ4n) is 2.74. The van der Waals surface area contributed by atoms with Crippen molar-refractivity contribution in [3.8, 4) is 5.69 Å². The molecule has 1 N–H and O–H groups in total. The highest BCUT2D eigenvalue weighted by atomic mass is 16.1. The Labute approximate surface area is 130 Å². The second-order valence-electron chi connectivity index (χ2n) is 5.69. The molecule has 0 spiro atoms. The fraction of sp³-hybridized carbons (Fsp3) is 0.353. The monoisotopic (exact) mass is 296 g/mol. The molecule has 2 aromatic rings. The normalized spacial score (nSPS) is 18.3. The number of carbonyl (C=O) groups is 1. The molecule has 2 atom stereocenters. The Morgan fingerprint density at radius 2 is 2.23 bits per heavy atom. The van der Waals surface area contributed by atoms with Crippen LogP contribution in [0.3, 0.4) is 0 Å². The molecule has 1 aromatic carbocycles. The van der Waals surface area contributed by atoms with Crippen LogP contribution in [0.1, 0.15) is 37.8 Å². The van der Waals surface area contributed by atoms with Gasteiger partial charge in [0.2, 0.25) is 5.91 Å². The molecule has 0 radical (unpaired) electrons. The zero-order valence-electron chi connectivity index (χ0n) is 12.6. The van der Waals surface area contributed by atoms with Crippen LogP contribution in [0, 0.1) is 5.92 Å². The van der Waals surface area contributed by atoms with Crippen molar-refractivity contribution in [2.75, 3.05) is 0 Å². The van der Waals surface area contributed by atoms with Gasteiger partial charge in [0.1, 0.15) is 12.7 Å². The highest BCUT2D eigenvalue weighted by Crippen LogP contribution is 2.21. The molecule has 5 heteroatoms. The van der Waals surface area contributed by atoms with E-state index in [1.165, 1.54) is 6.33 Å². The third-order valence-electron chi connectivity index (χ3n) is 4.01. The Hall–Kier alpha value is -2.43. The summed E-state index contributed by atoms with van der Waals surface area (Å²) in [7, 11) is 0. The molecular weight excluding hydrogens is 276 g/mol. The van der Waals surface area contributed by atoms with Crippen LogP contribution in [0.25, 0.3) is 5.69 Å². The molecule has 1 aliphatic rings. The van der Waals surface area contributed by atoms with E-state index in [4.69, 9.17) is 0 Å². The molecule has 1 aromatic heterocycles. The van der Waals surface area contributed by atoms with Gasteiger partial charge in [-0.05, 0) is 43.4 Å². The number of amides is 1. The summed E-state index contributed by atoms with van der Waals surface area (Å²) in [5.41, 5.74) is 2.04. The second kappa shape index (κ2) is 6.56. The fourth-order valence-corrected chi connectivity index (χ4v) is 2.74. The van der Waals surface area contributed by atoms with Crippen LogP contribution in [0.15, 0.2) is 49.1 Å². The van der Waals surface area contributed by atoms with Gasteiger partial charge in [-0.1, -0.05) is 24.3 Å². The Morgan fingerprint density at radius 3 is 2.86 bits per heavy atom. The van der Waals surface area contributed by atoms with E-state index < -0.39 is 0 Å². The van der Waals surface area contributed by atoms with Gasteiger partial charge >= 0.3 is 0 Å². The van der Waals surface area contributed by atoms with E-state index >= 15 is 0 Å². The van der Waals surface area contributed by atoms with Crippen LogP contribution < -0.4 is 5.32 Å². The van der Waals surface area contributed by atoms with Crippen molar-refractivity contribution >= 4 is 5.91 Å². The molecule has 5 nitrogen and oxygen atoms in total. The van der Waals surface area contributed by atoms with Crippen LogP contribution in [-0.2, 0) is 4.79 Å². The van der Waals surface area contributed by atoms with Gasteiger partial charge in [-0.3, -0.25) is 4.79 Å². The molecule has 0 aliphatic heterocycles. The molecule has 0 fully saturated rings. The van der Waals surface area contributed by atoms with Crippen LogP contribution >= 0.6 is 0 Å². The quantitative estimate of drug-likeness (QED) is 0.863. The van der Waals surface area contributed by atoms with Gasteiger partial charge in [0, 0.05) is 6.42 Å². The summed E-state index contributed by atoms with van der Waals surface area (Å²) in [6.07, 6.45) is 10.2. The van der Waals surface area contributed by atoms with Crippen LogP contribution in [-0.4, -0.2) is 20.7 Å². The van der Waals surface area contributed by atoms with Gasteiger partial charge in [-0.25, -0.2) is 9.67 Å². The minimum Gasteiger partial charge on any atom is -0.350 e. The van der Waals surface area contributed by atoms with Crippen LogP contribution in [0.4, 0.5) is 0 Å². The number of carbonyl (C=O) groups excluding carboxylic acids is 1. The summed E-state index contributed by atoms with van der Waals surface area (Å²) in [6, 6.07) is 7.98. The average Bonchev–Trinajstić information content (AvgIpc) is 3.20. The lowest BCUT2D eigenvalue weighted by atomic mass is 10.0. The van der Waals surface area contributed by atoms with Gasteiger partial charge in [0.25, 0.3) is 0 Å². The van der Waals surface area contributed by atoms with E-state index in [1.54, 1.807) is 11.0 Å². The molecule has 0 unspecified atom stereocenters. The zero-order chi connectivity index (χ0) is 15.4.